The molecule has 1 aliphatic rings. The van der Waals surface area contributed by atoms with Crippen LogP contribution in [0.3, 0.4) is 0 Å². The van der Waals surface area contributed by atoms with E-state index in [-0.39, 0.29) is 5.91 Å². The van der Waals surface area contributed by atoms with Crippen LogP contribution in [0.2, 0.25) is 0 Å². The molecule has 0 spiro atoms. The predicted octanol–water partition coefficient (Wildman–Crippen LogP) is 2.41. The zero-order valence-electron chi connectivity index (χ0n) is 17.9. The van der Waals surface area contributed by atoms with Gasteiger partial charge in [0.2, 0.25) is 0 Å². The third-order valence-electron chi connectivity index (χ3n) is 5.34. The van der Waals surface area contributed by atoms with Crippen molar-refractivity contribution in [2.75, 3.05) is 31.6 Å². The zero-order valence-corrected chi connectivity index (χ0v) is 17.9. The molecule has 0 aromatic heterocycles. The maximum Gasteiger partial charge on any atom is 0.338 e. The van der Waals surface area contributed by atoms with Crippen LogP contribution in [0, 0.1) is 0 Å². The van der Waals surface area contributed by atoms with Crippen molar-refractivity contribution in [1.29, 1.82) is 0 Å². The van der Waals surface area contributed by atoms with Gasteiger partial charge in [-0.3, -0.25) is 4.79 Å². The first-order valence-electron chi connectivity index (χ1n) is 10.5. The second kappa shape index (κ2) is 10.4. The lowest BCUT2D eigenvalue weighted by molar-refractivity contribution is -0.921. The number of nitrogens with one attached hydrogen (secondary N) is 2. The summed E-state index contributed by atoms with van der Waals surface area (Å²) in [4.78, 5) is 26.3. The minimum Gasteiger partial charge on any atom is -0.449 e. The molecular weight excluding hydrogens is 380 g/mol. The number of hydrogen-bond donors (Lipinski definition) is 2. The summed E-state index contributed by atoms with van der Waals surface area (Å²) in [7, 11) is 0. The maximum atomic E-state index is 12.4. The molecule has 1 fully saturated rings. The molecule has 2 N–H and O–H groups in total. The Morgan fingerprint density at radius 3 is 2.23 bits per heavy atom. The smallest absolute Gasteiger partial charge is 0.338 e. The van der Waals surface area contributed by atoms with Gasteiger partial charge in [0.1, 0.15) is 19.6 Å². The molecule has 6 heteroatoms. The summed E-state index contributed by atoms with van der Waals surface area (Å²) >= 11 is 0. The van der Waals surface area contributed by atoms with Crippen LogP contribution in [0.4, 0.5) is 5.69 Å². The van der Waals surface area contributed by atoms with Gasteiger partial charge >= 0.3 is 5.97 Å². The molecule has 0 radical (unpaired) electrons. The van der Waals surface area contributed by atoms with Crippen molar-refractivity contribution in [3.8, 4) is 0 Å². The van der Waals surface area contributed by atoms with Crippen LogP contribution in [0.1, 0.15) is 48.2 Å². The first kappa shape index (κ1) is 22.0. The zero-order chi connectivity index (χ0) is 21.5. The predicted molar refractivity (Wildman–Crippen MR) is 116 cm³/mol. The Kier molecular flexibility index (Phi) is 7.60. The highest BCUT2D eigenvalue weighted by molar-refractivity contribution is 5.97. The summed E-state index contributed by atoms with van der Waals surface area (Å²) in [6.07, 6.45) is -0.889. The van der Waals surface area contributed by atoms with E-state index in [4.69, 9.17) is 9.47 Å². The van der Waals surface area contributed by atoms with Crippen molar-refractivity contribution in [3.05, 3.63) is 65.2 Å². The largest absolute Gasteiger partial charge is 0.449 e. The minimum atomic E-state index is -0.889. The fourth-order valence-corrected chi connectivity index (χ4v) is 3.36. The maximum absolute atomic E-state index is 12.4. The number of hydrogen-bond acceptors (Lipinski definition) is 4. The Hall–Kier alpha value is -2.70. The summed E-state index contributed by atoms with van der Waals surface area (Å²) in [5.41, 5.74) is 3.49. The molecule has 2 aromatic rings. The normalized spacial score (nSPS) is 15.6. The number of ether oxygens (including phenoxy) is 2. The lowest BCUT2D eigenvalue weighted by Gasteiger charge is -2.23. The van der Waals surface area contributed by atoms with E-state index < -0.39 is 12.1 Å². The van der Waals surface area contributed by atoms with Crippen LogP contribution < -0.4 is 10.2 Å². The molecule has 1 atom stereocenters. The van der Waals surface area contributed by atoms with Crippen LogP contribution >= 0.6 is 0 Å². The fraction of sp³-hybridized carbons (Fsp3) is 0.417. The van der Waals surface area contributed by atoms with Gasteiger partial charge < -0.3 is 19.7 Å². The molecule has 1 heterocycles. The Morgan fingerprint density at radius 2 is 1.63 bits per heavy atom. The van der Waals surface area contributed by atoms with Crippen molar-refractivity contribution in [2.24, 2.45) is 0 Å². The molecular formula is C24H31N2O4+. The summed E-state index contributed by atoms with van der Waals surface area (Å²) in [6, 6.07) is 15.1. The van der Waals surface area contributed by atoms with Crippen LogP contribution in [0.5, 0.6) is 0 Å². The Morgan fingerprint density at radius 1 is 1.00 bits per heavy atom. The van der Waals surface area contributed by atoms with Gasteiger partial charge in [-0.2, -0.15) is 0 Å². The summed E-state index contributed by atoms with van der Waals surface area (Å²) in [6.45, 7) is 10.3. The van der Waals surface area contributed by atoms with Gasteiger partial charge in [-0.1, -0.05) is 38.1 Å². The highest BCUT2D eigenvalue weighted by Crippen LogP contribution is 2.17. The molecule has 30 heavy (non-hydrogen) atoms. The van der Waals surface area contributed by atoms with E-state index in [2.05, 4.69) is 19.2 Å². The average Bonchev–Trinajstić information content (AvgIpc) is 2.75. The molecule has 2 aromatic carbocycles. The second-order valence-corrected chi connectivity index (χ2v) is 8.05. The van der Waals surface area contributed by atoms with E-state index >= 15 is 0 Å². The van der Waals surface area contributed by atoms with Crippen LogP contribution in [0.25, 0.3) is 0 Å². The Bertz CT molecular complexity index is 841. The minimum absolute atomic E-state index is 0.354. The Labute approximate surface area is 178 Å². The van der Waals surface area contributed by atoms with Crippen LogP contribution in [-0.2, 0) is 20.8 Å². The SMILES string of the molecule is CC(C)c1ccc(NC(=O)[C@@H](C)OC(=O)c2ccc(C[NH+]3CCOCC3)cc2)cc1. The number of rotatable bonds is 7. The van der Waals surface area contributed by atoms with E-state index in [0.29, 0.717) is 17.2 Å². The molecule has 3 rings (SSSR count). The van der Waals surface area contributed by atoms with Gasteiger partial charge in [0.05, 0.1) is 18.8 Å². The lowest BCUT2D eigenvalue weighted by Crippen LogP contribution is -3.12. The molecule has 0 unspecified atom stereocenters. The number of amides is 1. The summed E-state index contributed by atoms with van der Waals surface area (Å²) < 4.78 is 10.7. The number of carbonyl (C=O) groups excluding carboxylic acids is 2. The molecule has 0 saturated carbocycles. The molecule has 160 valence electrons. The van der Waals surface area contributed by atoms with E-state index in [1.165, 1.54) is 16.0 Å². The third kappa shape index (κ3) is 6.15. The van der Waals surface area contributed by atoms with Crippen LogP contribution in [0.15, 0.2) is 48.5 Å². The van der Waals surface area contributed by atoms with Gasteiger partial charge in [0.25, 0.3) is 5.91 Å². The second-order valence-electron chi connectivity index (χ2n) is 8.05. The summed E-state index contributed by atoms with van der Waals surface area (Å²) in [5.74, 6) is -0.428. The highest BCUT2D eigenvalue weighted by atomic mass is 16.5. The van der Waals surface area contributed by atoms with Gasteiger partial charge in [-0.15, -0.1) is 0 Å². The van der Waals surface area contributed by atoms with Crippen LogP contribution in [-0.4, -0.2) is 44.3 Å². The molecule has 0 bridgehead atoms. The first-order valence-corrected chi connectivity index (χ1v) is 10.5. The topological polar surface area (TPSA) is 69.1 Å². The standard InChI is InChI=1S/C24H30N2O4/c1-17(2)20-8-10-22(11-9-20)25-23(27)18(3)30-24(28)21-6-4-19(5-7-21)16-26-12-14-29-15-13-26/h4-11,17-18H,12-16H2,1-3H3,(H,25,27)/p+1/t18-/m1/s1. The van der Waals surface area contributed by atoms with Crippen molar-refractivity contribution >= 4 is 17.6 Å². The average molecular weight is 412 g/mol. The van der Waals surface area contributed by atoms with Crippen molar-refractivity contribution in [1.82, 2.24) is 0 Å². The highest BCUT2D eigenvalue weighted by Gasteiger charge is 2.20. The fourth-order valence-electron chi connectivity index (χ4n) is 3.36. The van der Waals surface area contributed by atoms with E-state index in [0.717, 1.165) is 32.8 Å². The number of carbonyl (C=O) groups is 2. The number of anilines is 1. The number of quaternary nitrogens is 1. The quantitative estimate of drug-likeness (QED) is 0.687. The van der Waals surface area contributed by atoms with Crippen molar-refractivity contribution < 1.29 is 24.0 Å². The molecule has 1 saturated heterocycles. The van der Waals surface area contributed by atoms with Crippen molar-refractivity contribution in [2.45, 2.75) is 39.3 Å². The molecule has 0 aliphatic carbocycles. The van der Waals surface area contributed by atoms with Crippen molar-refractivity contribution in [3.63, 3.8) is 0 Å². The van der Waals surface area contributed by atoms with E-state index in [1.54, 1.807) is 19.1 Å². The monoisotopic (exact) mass is 411 g/mol. The van der Waals surface area contributed by atoms with E-state index in [1.807, 2.05) is 36.4 Å². The lowest BCUT2D eigenvalue weighted by atomic mass is 10.0. The van der Waals surface area contributed by atoms with Gasteiger partial charge in [-0.25, -0.2) is 4.79 Å². The molecule has 1 aliphatic heterocycles. The van der Waals surface area contributed by atoms with Gasteiger partial charge in [-0.05, 0) is 42.7 Å². The summed E-state index contributed by atoms with van der Waals surface area (Å²) in [5, 5.41) is 2.79. The molecule has 1 amide bonds. The van der Waals surface area contributed by atoms with Gasteiger partial charge in [0, 0.05) is 11.3 Å². The molecule has 6 nitrogen and oxygen atoms in total. The Balaban J connectivity index is 1.50. The number of esters is 1. The van der Waals surface area contributed by atoms with Gasteiger partial charge in [0.15, 0.2) is 6.10 Å². The van der Waals surface area contributed by atoms with E-state index in [9.17, 15) is 9.59 Å². The number of benzene rings is 2. The first-order chi connectivity index (χ1) is 14.4. The number of morpholine rings is 1. The third-order valence-corrected chi connectivity index (χ3v) is 5.34.